The van der Waals surface area contributed by atoms with E-state index in [0.29, 0.717) is 32.6 Å². The van der Waals surface area contributed by atoms with Gasteiger partial charge in [-0.15, -0.1) is 0 Å². The van der Waals surface area contributed by atoms with Crippen molar-refractivity contribution < 1.29 is 19.1 Å². The number of ether oxygens (including phenoxy) is 1. The number of methoxy groups -OCH3 is 1. The lowest BCUT2D eigenvalue weighted by Gasteiger charge is -2.35. The molecule has 1 aliphatic heterocycles. The summed E-state index contributed by atoms with van der Waals surface area (Å²) in [6.07, 6.45) is 0.647. The van der Waals surface area contributed by atoms with E-state index < -0.39 is 0 Å². The molecule has 0 aromatic carbocycles. The maximum Gasteiger partial charge on any atom is 0.306 e. The van der Waals surface area contributed by atoms with Crippen LogP contribution in [0.5, 0.6) is 0 Å². The topological polar surface area (TPSA) is 71.9 Å². The van der Waals surface area contributed by atoms with Gasteiger partial charge in [-0.25, -0.2) is 0 Å². The van der Waals surface area contributed by atoms with Crippen LogP contribution in [-0.4, -0.2) is 65.4 Å². The molecular weight excluding hydrogens is 322 g/mol. The summed E-state index contributed by atoms with van der Waals surface area (Å²) in [6.45, 7) is 6.14. The fraction of sp³-hybridized carbons (Fsp3) is 0.611. The molecule has 0 N–H and O–H groups in total. The lowest BCUT2D eigenvalue weighted by Crippen LogP contribution is -2.51. The van der Waals surface area contributed by atoms with Crippen LogP contribution in [0.25, 0.3) is 0 Å². The van der Waals surface area contributed by atoms with E-state index in [1.54, 1.807) is 4.90 Å². The van der Waals surface area contributed by atoms with Crippen LogP contribution in [0.1, 0.15) is 29.8 Å². The van der Waals surface area contributed by atoms with Gasteiger partial charge in [-0.3, -0.25) is 14.4 Å². The molecule has 0 aliphatic carbocycles. The maximum atomic E-state index is 12.5. The Morgan fingerprint density at radius 1 is 1.00 bits per heavy atom. The first kappa shape index (κ1) is 19.0. The normalized spacial score (nSPS) is 14.6. The number of esters is 1. The predicted molar refractivity (Wildman–Crippen MR) is 93.0 cm³/mol. The van der Waals surface area contributed by atoms with E-state index in [1.807, 2.05) is 25.8 Å². The molecule has 1 aromatic heterocycles. The van der Waals surface area contributed by atoms with Crippen molar-refractivity contribution in [1.29, 1.82) is 0 Å². The molecular formula is C18H27N3O4. The van der Waals surface area contributed by atoms with Crippen molar-refractivity contribution in [2.24, 2.45) is 7.05 Å². The number of hydrogen-bond acceptors (Lipinski definition) is 4. The Kier molecular flexibility index (Phi) is 6.22. The Morgan fingerprint density at radius 3 is 2.04 bits per heavy atom. The van der Waals surface area contributed by atoms with Crippen LogP contribution in [-0.2, 0) is 32.6 Å². The molecule has 1 fully saturated rings. The second-order valence-electron chi connectivity index (χ2n) is 6.47. The zero-order valence-electron chi connectivity index (χ0n) is 15.5. The summed E-state index contributed by atoms with van der Waals surface area (Å²) in [7, 11) is 3.31. The SMILES string of the molecule is COC(=O)CCC(=O)N1CCN(C(=O)Cc2cc(C)n(C)c2C)CC1. The fourth-order valence-corrected chi connectivity index (χ4v) is 3.06. The van der Waals surface area contributed by atoms with E-state index in [9.17, 15) is 14.4 Å². The van der Waals surface area contributed by atoms with Gasteiger partial charge in [0, 0.05) is 51.0 Å². The van der Waals surface area contributed by atoms with Crippen LogP contribution >= 0.6 is 0 Å². The molecule has 138 valence electrons. The van der Waals surface area contributed by atoms with Crippen LogP contribution in [0, 0.1) is 13.8 Å². The highest BCUT2D eigenvalue weighted by Gasteiger charge is 2.25. The summed E-state index contributed by atoms with van der Waals surface area (Å²) < 4.78 is 6.63. The highest BCUT2D eigenvalue weighted by atomic mass is 16.5. The number of carbonyl (C=O) groups is 3. The molecule has 1 aliphatic rings. The quantitative estimate of drug-likeness (QED) is 0.738. The molecule has 0 saturated carbocycles. The van der Waals surface area contributed by atoms with Gasteiger partial charge in [0.05, 0.1) is 20.0 Å². The number of nitrogens with zero attached hydrogens (tertiary/aromatic N) is 3. The van der Waals surface area contributed by atoms with Gasteiger partial charge in [0.2, 0.25) is 11.8 Å². The minimum Gasteiger partial charge on any atom is -0.469 e. The summed E-state index contributed by atoms with van der Waals surface area (Å²) in [5, 5.41) is 0. The van der Waals surface area contributed by atoms with Crippen molar-refractivity contribution >= 4 is 17.8 Å². The van der Waals surface area contributed by atoms with Crippen LogP contribution < -0.4 is 0 Å². The third-order valence-corrected chi connectivity index (χ3v) is 4.98. The Hall–Kier alpha value is -2.31. The van der Waals surface area contributed by atoms with Crippen molar-refractivity contribution in [3.05, 3.63) is 23.0 Å². The Morgan fingerprint density at radius 2 is 1.56 bits per heavy atom. The number of hydrogen-bond donors (Lipinski definition) is 0. The molecule has 1 saturated heterocycles. The van der Waals surface area contributed by atoms with Gasteiger partial charge >= 0.3 is 5.97 Å². The molecule has 2 heterocycles. The standard InChI is InChI=1S/C18H27N3O4/c1-13-11-15(14(2)19(13)3)12-17(23)21-9-7-20(8-10-21)16(22)5-6-18(24)25-4/h11H,5-10,12H2,1-4H3. The number of aryl methyl sites for hydroxylation is 1. The van der Waals surface area contributed by atoms with Gasteiger partial charge in [-0.1, -0.05) is 0 Å². The predicted octanol–water partition coefficient (Wildman–Crippen LogP) is 0.808. The third-order valence-electron chi connectivity index (χ3n) is 4.98. The smallest absolute Gasteiger partial charge is 0.306 e. The Labute approximate surface area is 148 Å². The summed E-state index contributed by atoms with van der Waals surface area (Å²) in [5.41, 5.74) is 3.31. The number of piperazine rings is 1. The highest BCUT2D eigenvalue weighted by Crippen LogP contribution is 2.15. The lowest BCUT2D eigenvalue weighted by molar-refractivity contribution is -0.144. The molecule has 25 heavy (non-hydrogen) atoms. The maximum absolute atomic E-state index is 12.5. The largest absolute Gasteiger partial charge is 0.469 e. The second kappa shape index (κ2) is 8.18. The van der Waals surface area contributed by atoms with E-state index in [0.717, 1.165) is 17.0 Å². The van der Waals surface area contributed by atoms with E-state index >= 15 is 0 Å². The zero-order chi connectivity index (χ0) is 18.6. The minimum absolute atomic E-state index is 0.0629. The van der Waals surface area contributed by atoms with E-state index in [1.165, 1.54) is 7.11 Å². The van der Waals surface area contributed by atoms with Gasteiger partial charge in [0.25, 0.3) is 0 Å². The first-order chi connectivity index (χ1) is 11.8. The summed E-state index contributed by atoms with van der Waals surface area (Å²) in [6, 6.07) is 2.06. The van der Waals surface area contributed by atoms with Gasteiger partial charge in [-0.05, 0) is 25.5 Å². The summed E-state index contributed by atoms with van der Waals surface area (Å²) in [5.74, 6) is -0.349. The molecule has 7 nitrogen and oxygen atoms in total. The molecule has 0 spiro atoms. The van der Waals surface area contributed by atoms with Crippen molar-refractivity contribution in [3.8, 4) is 0 Å². The molecule has 2 rings (SSSR count). The Balaban J connectivity index is 1.83. The second-order valence-corrected chi connectivity index (χ2v) is 6.47. The van der Waals surface area contributed by atoms with Crippen molar-refractivity contribution in [2.75, 3.05) is 33.3 Å². The van der Waals surface area contributed by atoms with Crippen LogP contribution in [0.15, 0.2) is 6.07 Å². The molecule has 0 unspecified atom stereocenters. The van der Waals surface area contributed by atoms with Gasteiger partial charge in [0.1, 0.15) is 0 Å². The number of carbonyl (C=O) groups excluding carboxylic acids is 3. The summed E-state index contributed by atoms with van der Waals surface area (Å²) >= 11 is 0. The van der Waals surface area contributed by atoms with E-state index in [4.69, 9.17) is 0 Å². The van der Waals surface area contributed by atoms with E-state index in [-0.39, 0.29) is 30.6 Å². The molecule has 7 heteroatoms. The number of rotatable bonds is 5. The highest BCUT2D eigenvalue weighted by molar-refractivity contribution is 5.82. The zero-order valence-corrected chi connectivity index (χ0v) is 15.5. The third kappa shape index (κ3) is 4.61. The van der Waals surface area contributed by atoms with Crippen molar-refractivity contribution in [3.63, 3.8) is 0 Å². The average molecular weight is 349 g/mol. The Bertz CT molecular complexity index is 658. The number of amides is 2. The van der Waals surface area contributed by atoms with Gasteiger partial charge in [-0.2, -0.15) is 0 Å². The number of aromatic nitrogens is 1. The molecule has 1 aromatic rings. The van der Waals surface area contributed by atoms with Crippen LogP contribution in [0.3, 0.4) is 0 Å². The molecule has 0 bridgehead atoms. The molecule has 0 radical (unpaired) electrons. The monoisotopic (exact) mass is 349 g/mol. The van der Waals surface area contributed by atoms with Gasteiger partial charge < -0.3 is 19.1 Å². The van der Waals surface area contributed by atoms with Crippen molar-refractivity contribution in [2.45, 2.75) is 33.1 Å². The minimum atomic E-state index is -0.379. The van der Waals surface area contributed by atoms with Crippen molar-refractivity contribution in [1.82, 2.24) is 14.4 Å². The molecule has 2 amide bonds. The molecule has 0 atom stereocenters. The first-order valence-electron chi connectivity index (χ1n) is 8.57. The van der Waals surface area contributed by atoms with Gasteiger partial charge in [0.15, 0.2) is 0 Å². The average Bonchev–Trinajstić information content (AvgIpc) is 2.86. The lowest BCUT2D eigenvalue weighted by atomic mass is 10.1. The summed E-state index contributed by atoms with van der Waals surface area (Å²) in [4.78, 5) is 39.2. The van der Waals surface area contributed by atoms with Crippen LogP contribution in [0.4, 0.5) is 0 Å². The fourth-order valence-electron chi connectivity index (χ4n) is 3.06. The van der Waals surface area contributed by atoms with Crippen LogP contribution in [0.2, 0.25) is 0 Å². The van der Waals surface area contributed by atoms with E-state index in [2.05, 4.69) is 15.4 Å². The first-order valence-corrected chi connectivity index (χ1v) is 8.57.